The van der Waals surface area contributed by atoms with Crippen LogP contribution in [0.2, 0.25) is 0 Å². The normalized spacial score (nSPS) is 19.1. The second-order valence-corrected chi connectivity index (χ2v) is 8.64. The molecule has 2 heterocycles. The van der Waals surface area contributed by atoms with Gasteiger partial charge in [0.2, 0.25) is 15.9 Å². The number of nitrogens with one attached hydrogen (secondary N) is 2. The quantitative estimate of drug-likeness (QED) is 0.351. The first-order valence-corrected chi connectivity index (χ1v) is 10.7. The predicted octanol–water partition coefficient (Wildman–Crippen LogP) is -0.776. The Bertz CT molecular complexity index is 752. The molecule has 1 saturated heterocycles. The summed E-state index contributed by atoms with van der Waals surface area (Å²) >= 11 is 0. The van der Waals surface area contributed by atoms with Crippen LogP contribution in [0.1, 0.15) is 18.5 Å². The van der Waals surface area contributed by atoms with Crippen LogP contribution >= 0.6 is 0 Å². The average Bonchev–Trinajstić information content (AvgIpc) is 3.40. The number of hydrogen-bond donors (Lipinski definition) is 2. The number of carbonyl (C=O) groups is 1. The predicted molar refractivity (Wildman–Crippen MR) is 99.4 cm³/mol. The van der Waals surface area contributed by atoms with Crippen molar-refractivity contribution in [3.8, 4) is 0 Å². The van der Waals surface area contributed by atoms with Gasteiger partial charge in [0, 0.05) is 58.3 Å². The number of aromatic nitrogens is 1. The molecule has 3 rings (SSSR count). The molecule has 0 atom stereocenters. The van der Waals surface area contributed by atoms with Gasteiger partial charge in [-0.05, 0) is 12.8 Å². The molecule has 10 nitrogen and oxygen atoms in total. The Morgan fingerprint density at radius 1 is 1.26 bits per heavy atom. The van der Waals surface area contributed by atoms with Crippen molar-refractivity contribution in [2.24, 2.45) is 10.9 Å². The molecule has 1 aromatic rings. The Labute approximate surface area is 159 Å². The van der Waals surface area contributed by atoms with Gasteiger partial charge in [0.05, 0.1) is 5.69 Å². The third-order valence-electron chi connectivity index (χ3n) is 4.62. The summed E-state index contributed by atoms with van der Waals surface area (Å²) < 4.78 is 31.1. The monoisotopic (exact) mass is 398 g/mol. The number of aliphatic imine (C=N–C) groups is 1. The van der Waals surface area contributed by atoms with Crippen molar-refractivity contribution in [2.45, 2.75) is 18.6 Å². The lowest BCUT2D eigenvalue weighted by atomic mass is 10.4. The van der Waals surface area contributed by atoms with Gasteiger partial charge in [0.15, 0.2) is 5.96 Å². The van der Waals surface area contributed by atoms with E-state index in [2.05, 4.69) is 20.8 Å². The maximum Gasteiger partial charge on any atom is 0.223 e. The van der Waals surface area contributed by atoms with Crippen molar-refractivity contribution in [2.75, 3.05) is 46.3 Å². The second kappa shape index (κ2) is 8.70. The van der Waals surface area contributed by atoms with Gasteiger partial charge in [-0.3, -0.25) is 9.79 Å². The van der Waals surface area contributed by atoms with Gasteiger partial charge in [-0.25, -0.2) is 8.42 Å². The fraction of sp³-hybridized carbons (Fsp3) is 0.688. The van der Waals surface area contributed by atoms with E-state index in [0.29, 0.717) is 50.9 Å². The third-order valence-corrected chi connectivity index (χ3v) is 6.43. The van der Waals surface area contributed by atoms with E-state index in [1.807, 2.05) is 4.90 Å². The zero-order valence-corrected chi connectivity index (χ0v) is 16.2. The number of guanidine groups is 1. The minimum absolute atomic E-state index is 0.123. The Kier molecular flexibility index (Phi) is 6.32. The largest absolute Gasteiger partial charge is 0.364 e. The Morgan fingerprint density at radius 2 is 1.96 bits per heavy atom. The lowest BCUT2D eigenvalue weighted by Crippen LogP contribution is -2.54. The van der Waals surface area contributed by atoms with Crippen molar-refractivity contribution < 1.29 is 17.7 Å². The number of hydrogen-bond acceptors (Lipinski definition) is 6. The maximum absolute atomic E-state index is 12.5. The molecule has 0 spiro atoms. The number of nitrogens with zero attached hydrogens (tertiary/aromatic N) is 4. The molecule has 0 unspecified atom stereocenters. The molecule has 0 bridgehead atoms. The molecular weight excluding hydrogens is 372 g/mol. The lowest BCUT2D eigenvalue weighted by Gasteiger charge is -2.35. The zero-order valence-electron chi connectivity index (χ0n) is 15.4. The summed E-state index contributed by atoms with van der Waals surface area (Å²) in [5.74, 6) is 0.885. The highest BCUT2D eigenvalue weighted by Gasteiger charge is 2.30. The van der Waals surface area contributed by atoms with Crippen LogP contribution in [-0.4, -0.2) is 81.0 Å². The van der Waals surface area contributed by atoms with Crippen LogP contribution in [0.4, 0.5) is 0 Å². The van der Waals surface area contributed by atoms with E-state index in [-0.39, 0.29) is 17.6 Å². The van der Waals surface area contributed by atoms with Crippen molar-refractivity contribution in [3.63, 3.8) is 0 Å². The fourth-order valence-corrected chi connectivity index (χ4v) is 4.38. The molecule has 1 aliphatic carbocycles. The van der Waals surface area contributed by atoms with Crippen LogP contribution < -0.4 is 10.6 Å². The summed E-state index contributed by atoms with van der Waals surface area (Å²) in [6, 6.07) is 1.56. The molecule has 2 fully saturated rings. The van der Waals surface area contributed by atoms with E-state index in [1.54, 1.807) is 13.1 Å². The summed E-state index contributed by atoms with van der Waals surface area (Å²) in [5, 5.41) is 9.78. The standard InChI is InChI=1S/C16H26N6O4S/c1-17-16(19-6-5-18-15(23)13-2-3-13)21-7-9-22(10-8-21)27(24,25)12-14-4-11-26-20-14/h4,11,13H,2-3,5-10,12H2,1H3,(H,17,19)(H,18,23). The summed E-state index contributed by atoms with van der Waals surface area (Å²) in [6.07, 6.45) is 3.35. The van der Waals surface area contributed by atoms with E-state index >= 15 is 0 Å². The Balaban J connectivity index is 1.42. The summed E-state index contributed by atoms with van der Waals surface area (Å²) in [6.45, 7) is 2.99. The summed E-state index contributed by atoms with van der Waals surface area (Å²) in [7, 11) is -1.73. The van der Waals surface area contributed by atoms with Crippen LogP contribution in [0.3, 0.4) is 0 Å². The van der Waals surface area contributed by atoms with E-state index < -0.39 is 10.0 Å². The molecule has 150 valence electrons. The van der Waals surface area contributed by atoms with Crippen LogP contribution in [0, 0.1) is 5.92 Å². The van der Waals surface area contributed by atoms with Gasteiger partial charge < -0.3 is 20.1 Å². The van der Waals surface area contributed by atoms with Crippen LogP contribution in [0.15, 0.2) is 21.8 Å². The van der Waals surface area contributed by atoms with Crippen LogP contribution in [0.5, 0.6) is 0 Å². The van der Waals surface area contributed by atoms with Crippen molar-refractivity contribution >= 4 is 21.9 Å². The molecule has 1 aromatic heterocycles. The topological polar surface area (TPSA) is 120 Å². The molecule has 1 aliphatic heterocycles. The highest BCUT2D eigenvalue weighted by molar-refractivity contribution is 7.88. The van der Waals surface area contributed by atoms with E-state index in [0.717, 1.165) is 12.8 Å². The summed E-state index contributed by atoms with van der Waals surface area (Å²) in [5.41, 5.74) is 0.406. The van der Waals surface area contributed by atoms with Gasteiger partial charge in [-0.15, -0.1) is 0 Å². The number of carbonyl (C=O) groups excluding carboxylic acids is 1. The van der Waals surface area contributed by atoms with Gasteiger partial charge in [0.25, 0.3) is 0 Å². The van der Waals surface area contributed by atoms with Crippen LogP contribution in [-0.2, 0) is 20.6 Å². The molecule has 1 saturated carbocycles. The minimum atomic E-state index is -3.42. The molecule has 1 amide bonds. The second-order valence-electron chi connectivity index (χ2n) is 6.67. The van der Waals surface area contributed by atoms with Crippen molar-refractivity contribution in [1.82, 2.24) is 25.0 Å². The maximum atomic E-state index is 12.5. The molecule has 2 aliphatic rings. The average molecular weight is 398 g/mol. The molecular formula is C16H26N6O4S. The Hall–Kier alpha value is -2.14. The minimum Gasteiger partial charge on any atom is -0.364 e. The lowest BCUT2D eigenvalue weighted by molar-refractivity contribution is -0.122. The smallest absolute Gasteiger partial charge is 0.223 e. The van der Waals surface area contributed by atoms with Crippen molar-refractivity contribution in [1.29, 1.82) is 0 Å². The van der Waals surface area contributed by atoms with Gasteiger partial charge in [0.1, 0.15) is 12.0 Å². The van der Waals surface area contributed by atoms with Crippen LogP contribution in [0.25, 0.3) is 0 Å². The van der Waals surface area contributed by atoms with E-state index in [4.69, 9.17) is 4.52 Å². The fourth-order valence-electron chi connectivity index (χ4n) is 2.95. The molecule has 11 heteroatoms. The third kappa shape index (κ3) is 5.42. The van der Waals surface area contributed by atoms with E-state index in [1.165, 1.54) is 10.6 Å². The first-order chi connectivity index (χ1) is 13.0. The highest BCUT2D eigenvalue weighted by atomic mass is 32.2. The molecule has 2 N–H and O–H groups in total. The first kappa shape index (κ1) is 19.6. The van der Waals surface area contributed by atoms with Crippen molar-refractivity contribution in [3.05, 3.63) is 18.0 Å². The van der Waals surface area contributed by atoms with Gasteiger partial charge >= 0.3 is 0 Å². The van der Waals surface area contributed by atoms with Gasteiger partial charge in [-0.2, -0.15) is 4.31 Å². The van der Waals surface area contributed by atoms with E-state index in [9.17, 15) is 13.2 Å². The molecule has 27 heavy (non-hydrogen) atoms. The molecule has 0 radical (unpaired) electrons. The zero-order chi connectivity index (χ0) is 19.3. The molecule has 0 aromatic carbocycles. The number of sulfonamides is 1. The first-order valence-electron chi connectivity index (χ1n) is 9.10. The highest BCUT2D eigenvalue weighted by Crippen LogP contribution is 2.28. The SMILES string of the molecule is CN=C(NCCNC(=O)C1CC1)N1CCN(S(=O)(=O)Cc2ccon2)CC1. The van der Waals surface area contributed by atoms with Gasteiger partial charge in [-0.1, -0.05) is 5.16 Å². The number of rotatable bonds is 7. The Morgan fingerprint density at radius 3 is 2.56 bits per heavy atom. The summed E-state index contributed by atoms with van der Waals surface area (Å²) in [4.78, 5) is 17.9. The number of piperazine rings is 1. The number of amides is 1.